The van der Waals surface area contributed by atoms with Crippen LogP contribution in [-0.4, -0.2) is 44.4 Å². The maximum Gasteiger partial charge on any atom is 0.315 e. The molecule has 2 atom stereocenters. The van der Waals surface area contributed by atoms with Crippen molar-refractivity contribution in [3.8, 4) is 0 Å². The molecule has 0 aromatic heterocycles. The van der Waals surface area contributed by atoms with Gasteiger partial charge in [-0.05, 0) is 55.9 Å². The van der Waals surface area contributed by atoms with Gasteiger partial charge in [0.15, 0.2) is 0 Å². The molecule has 1 aromatic rings. The van der Waals surface area contributed by atoms with E-state index < -0.39 is 0 Å². The highest BCUT2D eigenvalue weighted by atomic mass is 19.1. The lowest BCUT2D eigenvalue weighted by atomic mass is 9.88. The summed E-state index contributed by atoms with van der Waals surface area (Å²) in [5.41, 5.74) is 1.04. The van der Waals surface area contributed by atoms with E-state index in [1.54, 1.807) is 0 Å². The van der Waals surface area contributed by atoms with Crippen LogP contribution in [-0.2, 0) is 4.74 Å². The van der Waals surface area contributed by atoms with E-state index in [1.165, 1.54) is 31.4 Å². The van der Waals surface area contributed by atoms with Gasteiger partial charge in [0, 0.05) is 31.4 Å². The van der Waals surface area contributed by atoms with E-state index in [-0.39, 0.29) is 17.9 Å². The van der Waals surface area contributed by atoms with Gasteiger partial charge >= 0.3 is 6.03 Å². The fourth-order valence-corrected chi connectivity index (χ4v) is 4.08. The Morgan fingerprint density at radius 1 is 1.15 bits per heavy atom. The SMILES string of the molecule is C[C@H]1CCCC[C@H]1OCCNC(=O)NC1CCN(c2ccc(F)cc2)CC1. The Morgan fingerprint density at radius 2 is 1.85 bits per heavy atom. The number of hydrogen-bond donors (Lipinski definition) is 2. The molecule has 1 aromatic carbocycles. The number of carbonyl (C=O) groups is 1. The van der Waals surface area contributed by atoms with Crippen LogP contribution in [0.1, 0.15) is 45.4 Å². The van der Waals surface area contributed by atoms with Crippen LogP contribution in [0, 0.1) is 11.7 Å². The summed E-state index contributed by atoms with van der Waals surface area (Å²) >= 11 is 0. The summed E-state index contributed by atoms with van der Waals surface area (Å²) in [6.45, 7) is 5.09. The van der Waals surface area contributed by atoms with Gasteiger partial charge in [0.2, 0.25) is 0 Å². The van der Waals surface area contributed by atoms with Crippen LogP contribution in [0.5, 0.6) is 0 Å². The first kappa shape index (κ1) is 19.9. The molecule has 1 aliphatic heterocycles. The first-order valence-electron chi connectivity index (χ1n) is 10.3. The molecule has 0 spiro atoms. The van der Waals surface area contributed by atoms with Gasteiger partial charge < -0.3 is 20.3 Å². The predicted molar refractivity (Wildman–Crippen MR) is 106 cm³/mol. The van der Waals surface area contributed by atoms with Crippen molar-refractivity contribution < 1.29 is 13.9 Å². The Morgan fingerprint density at radius 3 is 2.56 bits per heavy atom. The molecule has 27 heavy (non-hydrogen) atoms. The summed E-state index contributed by atoms with van der Waals surface area (Å²) in [5.74, 6) is 0.410. The summed E-state index contributed by atoms with van der Waals surface area (Å²) in [6, 6.07) is 6.66. The van der Waals surface area contributed by atoms with Gasteiger partial charge in [-0.15, -0.1) is 0 Å². The first-order chi connectivity index (χ1) is 13.1. The average molecular weight is 378 g/mol. The van der Waals surface area contributed by atoms with Crippen LogP contribution in [0.3, 0.4) is 0 Å². The Balaban J connectivity index is 1.29. The normalized spacial score (nSPS) is 23.9. The van der Waals surface area contributed by atoms with Crippen LogP contribution in [0.25, 0.3) is 0 Å². The molecule has 2 N–H and O–H groups in total. The van der Waals surface area contributed by atoms with Gasteiger partial charge in [0.1, 0.15) is 5.82 Å². The van der Waals surface area contributed by atoms with E-state index in [2.05, 4.69) is 22.5 Å². The Labute approximate surface area is 161 Å². The summed E-state index contributed by atoms with van der Waals surface area (Å²) in [5, 5.41) is 5.96. The van der Waals surface area contributed by atoms with Crippen molar-refractivity contribution in [3.63, 3.8) is 0 Å². The van der Waals surface area contributed by atoms with E-state index in [0.717, 1.165) is 38.0 Å². The molecule has 0 unspecified atom stereocenters. The largest absolute Gasteiger partial charge is 0.376 e. The minimum Gasteiger partial charge on any atom is -0.376 e. The number of benzene rings is 1. The van der Waals surface area contributed by atoms with E-state index in [1.807, 2.05) is 12.1 Å². The predicted octanol–water partition coefficient (Wildman–Crippen LogP) is 3.69. The van der Waals surface area contributed by atoms with E-state index in [9.17, 15) is 9.18 Å². The van der Waals surface area contributed by atoms with Crippen LogP contribution in [0.4, 0.5) is 14.9 Å². The van der Waals surface area contributed by atoms with Gasteiger partial charge in [-0.25, -0.2) is 9.18 Å². The van der Waals surface area contributed by atoms with Gasteiger partial charge in [-0.3, -0.25) is 0 Å². The van der Waals surface area contributed by atoms with E-state index in [4.69, 9.17) is 4.74 Å². The molecule has 0 radical (unpaired) electrons. The lowest BCUT2D eigenvalue weighted by Gasteiger charge is -2.34. The number of nitrogens with one attached hydrogen (secondary N) is 2. The highest BCUT2D eigenvalue weighted by Gasteiger charge is 2.22. The molecule has 0 bridgehead atoms. The lowest BCUT2D eigenvalue weighted by molar-refractivity contribution is -0.00245. The van der Waals surface area contributed by atoms with Crippen LogP contribution < -0.4 is 15.5 Å². The third kappa shape index (κ3) is 6.09. The second-order valence-corrected chi connectivity index (χ2v) is 7.81. The molecule has 6 heteroatoms. The molecule has 2 amide bonds. The van der Waals surface area contributed by atoms with Crippen molar-refractivity contribution in [2.24, 2.45) is 5.92 Å². The molecule has 1 saturated carbocycles. The van der Waals surface area contributed by atoms with Crippen molar-refractivity contribution in [3.05, 3.63) is 30.1 Å². The summed E-state index contributed by atoms with van der Waals surface area (Å²) in [6.07, 6.45) is 7.07. The summed E-state index contributed by atoms with van der Waals surface area (Å²) in [4.78, 5) is 14.3. The van der Waals surface area contributed by atoms with Crippen LogP contribution in [0.2, 0.25) is 0 Å². The number of piperidine rings is 1. The molecule has 150 valence electrons. The Hall–Kier alpha value is -1.82. The minimum atomic E-state index is -0.214. The smallest absolute Gasteiger partial charge is 0.315 e. The number of ether oxygens (including phenoxy) is 1. The third-order valence-corrected chi connectivity index (χ3v) is 5.77. The van der Waals surface area contributed by atoms with Gasteiger partial charge in [0.05, 0.1) is 12.7 Å². The molecule has 2 aliphatic rings. The molecule has 2 fully saturated rings. The number of nitrogens with zero attached hydrogens (tertiary/aromatic N) is 1. The monoisotopic (exact) mass is 377 g/mol. The minimum absolute atomic E-state index is 0.115. The zero-order valence-corrected chi connectivity index (χ0v) is 16.3. The Bertz CT molecular complexity index is 588. The molecule has 5 nitrogen and oxygen atoms in total. The number of urea groups is 1. The van der Waals surface area contributed by atoms with Crippen LogP contribution >= 0.6 is 0 Å². The number of carbonyl (C=O) groups excluding carboxylic acids is 1. The average Bonchev–Trinajstić information content (AvgIpc) is 2.68. The third-order valence-electron chi connectivity index (χ3n) is 5.77. The first-order valence-corrected chi connectivity index (χ1v) is 10.3. The second-order valence-electron chi connectivity index (χ2n) is 7.81. The number of amides is 2. The fourth-order valence-electron chi connectivity index (χ4n) is 4.08. The van der Waals surface area contributed by atoms with Gasteiger partial charge in [0.25, 0.3) is 0 Å². The lowest BCUT2D eigenvalue weighted by Crippen LogP contribution is -2.48. The standard InChI is InChI=1S/C21H32FN3O2/c1-16-4-2-3-5-20(16)27-15-12-23-21(26)24-18-10-13-25(14-11-18)19-8-6-17(22)7-9-19/h6-9,16,18,20H,2-5,10-15H2,1H3,(H2,23,24,26)/t16-,20+/m0/s1. The van der Waals surface area contributed by atoms with Gasteiger partial charge in [-0.1, -0.05) is 19.8 Å². The Kier molecular flexibility index (Phi) is 7.33. The van der Waals surface area contributed by atoms with Gasteiger partial charge in [-0.2, -0.15) is 0 Å². The fraction of sp³-hybridized carbons (Fsp3) is 0.667. The number of halogens is 1. The summed E-state index contributed by atoms with van der Waals surface area (Å²) < 4.78 is 19.0. The quantitative estimate of drug-likeness (QED) is 0.744. The highest BCUT2D eigenvalue weighted by Crippen LogP contribution is 2.26. The van der Waals surface area contributed by atoms with Crippen molar-refractivity contribution in [2.75, 3.05) is 31.1 Å². The molecule has 1 heterocycles. The van der Waals surface area contributed by atoms with Crippen LogP contribution in [0.15, 0.2) is 24.3 Å². The zero-order chi connectivity index (χ0) is 19.1. The van der Waals surface area contributed by atoms with Crippen molar-refractivity contribution in [2.45, 2.75) is 57.6 Å². The molecular formula is C21H32FN3O2. The number of anilines is 1. The highest BCUT2D eigenvalue weighted by molar-refractivity contribution is 5.74. The summed E-state index contributed by atoms with van der Waals surface area (Å²) in [7, 11) is 0. The van der Waals surface area contributed by atoms with Crippen molar-refractivity contribution in [1.29, 1.82) is 0 Å². The number of rotatable bonds is 6. The number of hydrogen-bond acceptors (Lipinski definition) is 3. The van der Waals surface area contributed by atoms with E-state index in [0.29, 0.717) is 25.2 Å². The van der Waals surface area contributed by atoms with Crippen molar-refractivity contribution in [1.82, 2.24) is 10.6 Å². The van der Waals surface area contributed by atoms with Crippen molar-refractivity contribution >= 4 is 11.7 Å². The molecule has 3 rings (SSSR count). The topological polar surface area (TPSA) is 53.6 Å². The zero-order valence-electron chi connectivity index (χ0n) is 16.3. The maximum atomic E-state index is 13.0. The van der Waals surface area contributed by atoms with E-state index >= 15 is 0 Å². The molecule has 1 saturated heterocycles. The maximum absolute atomic E-state index is 13.0. The molecular weight excluding hydrogens is 345 g/mol. The second kappa shape index (κ2) is 9.93. The molecule has 1 aliphatic carbocycles.